The molecule has 3 saturated heterocycles. The van der Waals surface area contributed by atoms with Gasteiger partial charge in [-0.1, -0.05) is 30.3 Å². The van der Waals surface area contributed by atoms with Gasteiger partial charge in [0.15, 0.2) is 0 Å². The average Bonchev–Trinajstić information content (AvgIpc) is 2.47. The molecule has 0 aliphatic carbocycles. The molecule has 2 bridgehead atoms. The number of aryl methyl sites for hydroxylation is 1. The molecule has 1 unspecified atom stereocenters. The predicted molar refractivity (Wildman–Crippen MR) is 73.8 cm³/mol. The topological polar surface area (TPSA) is 29.5 Å². The molecule has 0 saturated carbocycles. The Kier molecular flexibility index (Phi) is 3.83. The van der Waals surface area contributed by atoms with Crippen LogP contribution in [-0.2, 0) is 16.0 Å². The summed E-state index contributed by atoms with van der Waals surface area (Å²) < 4.78 is 5.67. The average molecular weight is 259 g/mol. The number of hydrogen-bond acceptors (Lipinski definition) is 3. The van der Waals surface area contributed by atoms with E-state index in [1.54, 1.807) is 0 Å². The molecule has 0 aromatic heterocycles. The minimum absolute atomic E-state index is 0.0393. The van der Waals surface area contributed by atoms with Crippen LogP contribution in [-0.4, -0.2) is 36.6 Å². The van der Waals surface area contributed by atoms with Gasteiger partial charge in [-0.2, -0.15) is 0 Å². The molecule has 1 aromatic carbocycles. The maximum atomic E-state index is 11.9. The van der Waals surface area contributed by atoms with Gasteiger partial charge in [-0.05, 0) is 43.8 Å². The zero-order chi connectivity index (χ0) is 13.1. The first-order valence-electron chi connectivity index (χ1n) is 7.27. The van der Waals surface area contributed by atoms with Crippen LogP contribution < -0.4 is 0 Å². The highest BCUT2D eigenvalue weighted by Crippen LogP contribution is 2.29. The molecule has 1 aromatic rings. The zero-order valence-electron chi connectivity index (χ0n) is 11.3. The molecule has 102 valence electrons. The third-order valence-electron chi connectivity index (χ3n) is 4.34. The summed E-state index contributed by atoms with van der Waals surface area (Å²) >= 11 is 0. The Labute approximate surface area is 114 Å². The van der Waals surface area contributed by atoms with Crippen molar-refractivity contribution in [3.63, 3.8) is 0 Å². The molecule has 3 fully saturated rings. The lowest BCUT2D eigenvalue weighted by atomic mass is 9.86. The fourth-order valence-electron chi connectivity index (χ4n) is 3.16. The largest absolute Gasteiger partial charge is 0.461 e. The maximum Gasteiger partial charge on any atom is 0.306 e. The van der Waals surface area contributed by atoms with Gasteiger partial charge in [0.25, 0.3) is 0 Å². The summed E-state index contributed by atoms with van der Waals surface area (Å²) in [6.07, 6.45) is 3.80. The Morgan fingerprint density at radius 2 is 1.95 bits per heavy atom. The monoisotopic (exact) mass is 259 g/mol. The highest BCUT2D eigenvalue weighted by molar-refractivity contribution is 5.70. The number of hydrogen-bond donors (Lipinski definition) is 0. The van der Waals surface area contributed by atoms with E-state index in [2.05, 4.69) is 17.0 Å². The number of benzene rings is 1. The first-order chi connectivity index (χ1) is 9.31. The van der Waals surface area contributed by atoms with Crippen LogP contribution in [0.4, 0.5) is 0 Å². The lowest BCUT2D eigenvalue weighted by Gasteiger charge is -2.43. The number of piperidine rings is 3. The van der Waals surface area contributed by atoms with Crippen LogP contribution in [0.15, 0.2) is 30.3 Å². The summed E-state index contributed by atoms with van der Waals surface area (Å²) in [5.41, 5.74) is 1.20. The molecule has 0 spiro atoms. The molecule has 3 aliphatic rings. The molecule has 0 amide bonds. The lowest BCUT2D eigenvalue weighted by molar-refractivity contribution is -0.158. The van der Waals surface area contributed by atoms with Gasteiger partial charge in [0.05, 0.1) is 0 Å². The quantitative estimate of drug-likeness (QED) is 0.777. The Morgan fingerprint density at radius 1 is 1.21 bits per heavy atom. The second-order valence-corrected chi connectivity index (χ2v) is 5.65. The molecule has 4 rings (SSSR count). The molecular formula is C16H21NO2. The summed E-state index contributed by atoms with van der Waals surface area (Å²) in [6, 6.07) is 10.1. The van der Waals surface area contributed by atoms with Crippen molar-refractivity contribution in [3.8, 4) is 0 Å². The molecule has 3 aliphatic heterocycles. The highest BCUT2D eigenvalue weighted by Gasteiger charge is 2.36. The van der Waals surface area contributed by atoms with Gasteiger partial charge in [0, 0.05) is 13.0 Å². The summed E-state index contributed by atoms with van der Waals surface area (Å²) in [5.74, 6) is 0.563. The third kappa shape index (κ3) is 3.16. The highest BCUT2D eigenvalue weighted by atomic mass is 16.5. The Morgan fingerprint density at radius 3 is 2.58 bits per heavy atom. The van der Waals surface area contributed by atoms with E-state index in [0.29, 0.717) is 12.3 Å². The van der Waals surface area contributed by atoms with Crippen molar-refractivity contribution < 1.29 is 9.53 Å². The van der Waals surface area contributed by atoms with Crippen molar-refractivity contribution in [3.05, 3.63) is 35.9 Å². The van der Waals surface area contributed by atoms with Crippen LogP contribution in [0.5, 0.6) is 0 Å². The van der Waals surface area contributed by atoms with Crippen LogP contribution in [0.1, 0.15) is 24.8 Å². The molecular weight excluding hydrogens is 238 g/mol. The van der Waals surface area contributed by atoms with Crippen LogP contribution in [0.2, 0.25) is 0 Å². The van der Waals surface area contributed by atoms with Crippen LogP contribution in [0, 0.1) is 5.92 Å². The summed E-state index contributed by atoms with van der Waals surface area (Å²) in [6.45, 7) is 3.31. The molecule has 3 nitrogen and oxygen atoms in total. The third-order valence-corrected chi connectivity index (χ3v) is 4.34. The summed E-state index contributed by atoms with van der Waals surface area (Å²) in [7, 11) is 0. The van der Waals surface area contributed by atoms with E-state index in [-0.39, 0.29) is 12.1 Å². The van der Waals surface area contributed by atoms with Crippen molar-refractivity contribution in [1.82, 2.24) is 4.90 Å². The van der Waals surface area contributed by atoms with Crippen molar-refractivity contribution in [2.75, 3.05) is 19.6 Å². The summed E-state index contributed by atoms with van der Waals surface area (Å²) in [4.78, 5) is 14.3. The van der Waals surface area contributed by atoms with Crippen molar-refractivity contribution >= 4 is 5.97 Å². The second-order valence-electron chi connectivity index (χ2n) is 5.65. The Hall–Kier alpha value is -1.35. The fourth-order valence-corrected chi connectivity index (χ4v) is 3.16. The van der Waals surface area contributed by atoms with Crippen molar-refractivity contribution in [1.29, 1.82) is 0 Å². The molecule has 1 atom stereocenters. The van der Waals surface area contributed by atoms with Gasteiger partial charge in [0.1, 0.15) is 6.10 Å². The van der Waals surface area contributed by atoms with Gasteiger partial charge in [-0.3, -0.25) is 9.69 Å². The normalized spacial score (nSPS) is 29.2. The van der Waals surface area contributed by atoms with Crippen molar-refractivity contribution in [2.45, 2.75) is 31.8 Å². The molecule has 0 N–H and O–H groups in total. The zero-order valence-corrected chi connectivity index (χ0v) is 11.3. The van der Waals surface area contributed by atoms with E-state index < -0.39 is 0 Å². The predicted octanol–water partition coefficient (Wildman–Crippen LogP) is 2.26. The number of esters is 1. The van der Waals surface area contributed by atoms with Crippen LogP contribution in [0.25, 0.3) is 0 Å². The SMILES string of the molecule is O=C(CCc1ccccc1)OC1CN2CCC1CC2. The Balaban J connectivity index is 1.46. The number of carbonyl (C=O) groups is 1. The standard InChI is InChI=1S/C16H21NO2/c18-16(7-6-13-4-2-1-3-5-13)19-15-12-17-10-8-14(15)9-11-17/h1-5,14-15H,6-12H2. The molecule has 19 heavy (non-hydrogen) atoms. The van der Waals surface area contributed by atoms with Gasteiger partial charge in [-0.25, -0.2) is 0 Å². The fraction of sp³-hybridized carbons (Fsp3) is 0.562. The van der Waals surface area contributed by atoms with E-state index in [1.165, 1.54) is 31.5 Å². The van der Waals surface area contributed by atoms with Gasteiger partial charge in [-0.15, -0.1) is 0 Å². The van der Waals surface area contributed by atoms with E-state index in [9.17, 15) is 4.79 Å². The number of carbonyl (C=O) groups excluding carboxylic acids is 1. The Bertz CT molecular complexity index is 424. The molecule has 0 radical (unpaired) electrons. The minimum atomic E-state index is -0.0393. The van der Waals surface area contributed by atoms with Gasteiger partial charge in [0.2, 0.25) is 0 Å². The minimum Gasteiger partial charge on any atom is -0.461 e. The number of rotatable bonds is 4. The maximum absolute atomic E-state index is 11.9. The van der Waals surface area contributed by atoms with E-state index in [4.69, 9.17) is 4.74 Å². The van der Waals surface area contributed by atoms with Crippen LogP contribution in [0.3, 0.4) is 0 Å². The smallest absolute Gasteiger partial charge is 0.306 e. The van der Waals surface area contributed by atoms with Crippen molar-refractivity contribution in [2.24, 2.45) is 5.92 Å². The lowest BCUT2D eigenvalue weighted by Crippen LogP contribution is -2.51. The number of fused-ring (bicyclic) bond motifs is 3. The van der Waals surface area contributed by atoms with E-state index in [0.717, 1.165) is 13.0 Å². The molecule has 3 heterocycles. The first kappa shape index (κ1) is 12.7. The van der Waals surface area contributed by atoms with E-state index >= 15 is 0 Å². The first-order valence-corrected chi connectivity index (χ1v) is 7.27. The van der Waals surface area contributed by atoms with Crippen LogP contribution >= 0.6 is 0 Å². The second kappa shape index (κ2) is 5.74. The number of ether oxygens (including phenoxy) is 1. The van der Waals surface area contributed by atoms with Gasteiger partial charge >= 0.3 is 5.97 Å². The summed E-state index contributed by atoms with van der Waals surface area (Å²) in [5, 5.41) is 0. The van der Waals surface area contributed by atoms with E-state index in [1.807, 2.05) is 18.2 Å². The molecule has 3 heteroatoms. The van der Waals surface area contributed by atoms with Gasteiger partial charge < -0.3 is 4.74 Å². The number of nitrogens with zero attached hydrogens (tertiary/aromatic N) is 1.